The van der Waals surface area contributed by atoms with Crippen molar-refractivity contribution in [2.45, 2.75) is 4.21 Å². The number of nitrogens with one attached hydrogen (secondary N) is 1. The smallest absolute Gasteiger partial charge is 0.260 e. The molecule has 84 valence electrons. The SMILES string of the molecule is O=S(=O)(Nc1ncccc1F)c1cccs1. The largest absolute Gasteiger partial charge is 0.272 e. The monoisotopic (exact) mass is 258 g/mol. The average molecular weight is 258 g/mol. The van der Waals surface area contributed by atoms with Gasteiger partial charge in [-0.05, 0) is 23.6 Å². The fourth-order valence-corrected chi connectivity index (χ4v) is 3.06. The lowest BCUT2D eigenvalue weighted by Crippen LogP contribution is -2.13. The molecule has 0 aliphatic rings. The van der Waals surface area contributed by atoms with Gasteiger partial charge in [-0.1, -0.05) is 6.07 Å². The minimum Gasteiger partial charge on any atom is -0.260 e. The highest BCUT2D eigenvalue weighted by Crippen LogP contribution is 2.20. The number of rotatable bonds is 3. The van der Waals surface area contributed by atoms with E-state index in [0.717, 1.165) is 17.4 Å². The van der Waals surface area contributed by atoms with Gasteiger partial charge in [0.05, 0.1) is 0 Å². The molecule has 0 radical (unpaired) electrons. The highest BCUT2D eigenvalue weighted by Gasteiger charge is 2.17. The lowest BCUT2D eigenvalue weighted by atomic mass is 10.4. The molecule has 1 N–H and O–H groups in total. The van der Waals surface area contributed by atoms with Crippen molar-refractivity contribution in [3.05, 3.63) is 41.7 Å². The van der Waals surface area contributed by atoms with Crippen molar-refractivity contribution >= 4 is 27.2 Å². The zero-order chi connectivity index (χ0) is 11.6. The molecular weight excluding hydrogens is 251 g/mol. The molecule has 0 fully saturated rings. The number of anilines is 1. The Bertz CT molecular complexity index is 581. The summed E-state index contributed by atoms with van der Waals surface area (Å²) in [6, 6.07) is 5.57. The third-order valence-electron chi connectivity index (χ3n) is 1.75. The molecule has 16 heavy (non-hydrogen) atoms. The van der Waals surface area contributed by atoms with Crippen molar-refractivity contribution in [3.8, 4) is 0 Å². The molecule has 0 atom stereocenters. The van der Waals surface area contributed by atoms with Crippen LogP contribution in [0.1, 0.15) is 0 Å². The van der Waals surface area contributed by atoms with Crippen molar-refractivity contribution < 1.29 is 12.8 Å². The van der Waals surface area contributed by atoms with Crippen LogP contribution in [0, 0.1) is 5.82 Å². The lowest BCUT2D eigenvalue weighted by molar-refractivity contribution is 0.599. The number of thiophene rings is 1. The van der Waals surface area contributed by atoms with Crippen LogP contribution in [-0.2, 0) is 10.0 Å². The Kier molecular flexibility index (Phi) is 2.88. The van der Waals surface area contributed by atoms with E-state index in [1.54, 1.807) is 11.4 Å². The molecule has 0 saturated heterocycles. The van der Waals surface area contributed by atoms with Crippen LogP contribution < -0.4 is 4.72 Å². The molecule has 0 aliphatic carbocycles. The highest BCUT2D eigenvalue weighted by atomic mass is 32.2. The molecular formula is C9H7FN2O2S2. The molecule has 2 heterocycles. The quantitative estimate of drug-likeness (QED) is 0.917. The third kappa shape index (κ3) is 2.20. The van der Waals surface area contributed by atoms with Gasteiger partial charge in [0, 0.05) is 6.20 Å². The number of hydrogen-bond donors (Lipinski definition) is 1. The summed E-state index contributed by atoms with van der Waals surface area (Å²) in [6.07, 6.45) is 1.31. The maximum absolute atomic E-state index is 13.2. The van der Waals surface area contributed by atoms with Crippen LogP contribution in [0.15, 0.2) is 40.1 Å². The van der Waals surface area contributed by atoms with Gasteiger partial charge in [-0.15, -0.1) is 11.3 Å². The molecule has 0 aliphatic heterocycles. The maximum atomic E-state index is 13.2. The fraction of sp³-hybridized carbons (Fsp3) is 0. The number of halogens is 1. The summed E-state index contributed by atoms with van der Waals surface area (Å²) >= 11 is 1.05. The van der Waals surface area contributed by atoms with Crippen LogP contribution in [-0.4, -0.2) is 13.4 Å². The van der Waals surface area contributed by atoms with Crippen LogP contribution in [0.25, 0.3) is 0 Å². The molecule has 7 heteroatoms. The topological polar surface area (TPSA) is 59.1 Å². The Morgan fingerprint density at radius 2 is 2.12 bits per heavy atom. The summed E-state index contributed by atoms with van der Waals surface area (Å²) in [5.41, 5.74) is 0. The molecule has 0 bridgehead atoms. The van der Waals surface area contributed by atoms with E-state index in [1.165, 1.54) is 18.3 Å². The van der Waals surface area contributed by atoms with Gasteiger partial charge >= 0.3 is 0 Å². The van der Waals surface area contributed by atoms with E-state index in [1.807, 2.05) is 0 Å². The summed E-state index contributed by atoms with van der Waals surface area (Å²) in [5, 5.41) is 1.63. The molecule has 0 saturated carbocycles. The van der Waals surface area contributed by atoms with Gasteiger partial charge in [0.25, 0.3) is 10.0 Å². The second-order valence-corrected chi connectivity index (χ2v) is 5.73. The second kappa shape index (κ2) is 4.18. The Labute approximate surface area is 95.8 Å². The number of aromatic nitrogens is 1. The standard InChI is InChI=1S/C9H7FN2O2S2/c10-7-3-1-5-11-9(7)12-16(13,14)8-4-2-6-15-8/h1-6H,(H,11,12). The van der Waals surface area contributed by atoms with Crippen molar-refractivity contribution in [1.82, 2.24) is 4.98 Å². The van der Waals surface area contributed by atoms with E-state index in [0.29, 0.717) is 0 Å². The molecule has 2 aromatic rings. The number of sulfonamides is 1. The van der Waals surface area contributed by atoms with Crippen LogP contribution in [0.2, 0.25) is 0 Å². The normalized spacial score (nSPS) is 11.3. The molecule has 0 unspecified atom stereocenters. The van der Waals surface area contributed by atoms with E-state index in [9.17, 15) is 12.8 Å². The van der Waals surface area contributed by atoms with Crippen molar-refractivity contribution in [2.75, 3.05) is 4.72 Å². The van der Waals surface area contributed by atoms with Crippen molar-refractivity contribution in [2.24, 2.45) is 0 Å². The molecule has 0 aromatic carbocycles. The number of nitrogens with zero attached hydrogens (tertiary/aromatic N) is 1. The first-order chi connectivity index (χ1) is 7.59. The summed E-state index contributed by atoms with van der Waals surface area (Å²) < 4.78 is 38.8. The van der Waals surface area contributed by atoms with Gasteiger partial charge in [-0.25, -0.2) is 17.8 Å². The fourth-order valence-electron chi connectivity index (χ4n) is 1.05. The van der Waals surface area contributed by atoms with E-state index < -0.39 is 15.8 Å². The first-order valence-corrected chi connectivity index (χ1v) is 6.63. The van der Waals surface area contributed by atoms with Crippen LogP contribution >= 0.6 is 11.3 Å². The van der Waals surface area contributed by atoms with E-state index in [2.05, 4.69) is 9.71 Å². The summed E-state index contributed by atoms with van der Waals surface area (Å²) in [4.78, 5) is 3.61. The van der Waals surface area contributed by atoms with Crippen LogP contribution in [0.5, 0.6) is 0 Å². The maximum Gasteiger partial charge on any atom is 0.272 e. The van der Waals surface area contributed by atoms with E-state index in [-0.39, 0.29) is 10.0 Å². The van der Waals surface area contributed by atoms with Crippen LogP contribution in [0.4, 0.5) is 10.2 Å². The third-order valence-corrected chi connectivity index (χ3v) is 4.49. The second-order valence-electron chi connectivity index (χ2n) is 2.87. The Morgan fingerprint density at radius 1 is 1.31 bits per heavy atom. The minimum atomic E-state index is -3.73. The first-order valence-electron chi connectivity index (χ1n) is 4.26. The summed E-state index contributed by atoms with van der Waals surface area (Å²) in [5.74, 6) is -1.00. The Hall–Kier alpha value is -1.47. The number of pyridine rings is 1. The predicted octanol–water partition coefficient (Wildman–Crippen LogP) is 2.08. The molecule has 2 rings (SSSR count). The lowest BCUT2D eigenvalue weighted by Gasteiger charge is -2.05. The van der Waals surface area contributed by atoms with Gasteiger partial charge in [0.15, 0.2) is 11.6 Å². The molecule has 0 spiro atoms. The predicted molar refractivity (Wildman–Crippen MR) is 59.3 cm³/mol. The first kappa shape index (κ1) is 11.0. The molecule has 4 nitrogen and oxygen atoms in total. The van der Waals surface area contributed by atoms with Crippen molar-refractivity contribution in [3.63, 3.8) is 0 Å². The Morgan fingerprint density at radius 3 is 2.75 bits per heavy atom. The van der Waals surface area contributed by atoms with Crippen LogP contribution in [0.3, 0.4) is 0 Å². The van der Waals surface area contributed by atoms with Gasteiger partial charge in [0.2, 0.25) is 0 Å². The van der Waals surface area contributed by atoms with Gasteiger partial charge < -0.3 is 0 Å². The van der Waals surface area contributed by atoms with Gasteiger partial charge in [-0.2, -0.15) is 0 Å². The highest BCUT2D eigenvalue weighted by molar-refractivity contribution is 7.94. The van der Waals surface area contributed by atoms with E-state index in [4.69, 9.17) is 0 Å². The zero-order valence-corrected chi connectivity index (χ0v) is 9.56. The van der Waals surface area contributed by atoms with Gasteiger partial charge in [-0.3, -0.25) is 4.72 Å². The summed E-state index contributed by atoms with van der Waals surface area (Å²) in [6.45, 7) is 0. The van der Waals surface area contributed by atoms with E-state index >= 15 is 0 Å². The van der Waals surface area contributed by atoms with Crippen molar-refractivity contribution in [1.29, 1.82) is 0 Å². The average Bonchev–Trinajstić information content (AvgIpc) is 2.75. The Balaban J connectivity index is 2.33. The zero-order valence-electron chi connectivity index (χ0n) is 7.92. The van der Waals surface area contributed by atoms with Gasteiger partial charge in [0.1, 0.15) is 4.21 Å². The minimum absolute atomic E-state index is 0.123. The molecule has 2 aromatic heterocycles. The molecule has 0 amide bonds. The number of hydrogen-bond acceptors (Lipinski definition) is 4. The summed E-state index contributed by atoms with van der Waals surface area (Å²) in [7, 11) is -3.73.